The Kier molecular flexibility index (Phi) is 8.74. The Bertz CT molecular complexity index is 1560. The summed E-state index contributed by atoms with van der Waals surface area (Å²) in [4.78, 5) is 20.4. The number of carbonyl (C=O) groups excluding carboxylic acids is 1. The average molecular weight is 665 g/mol. The largest absolute Gasteiger partial charge is 0.454 e. The van der Waals surface area contributed by atoms with Crippen LogP contribution in [0.2, 0.25) is 4.34 Å². The molecule has 1 aromatic carbocycles. The van der Waals surface area contributed by atoms with Crippen LogP contribution in [-0.4, -0.2) is 59.9 Å². The van der Waals surface area contributed by atoms with Crippen LogP contribution in [0.3, 0.4) is 0 Å². The fourth-order valence-electron chi connectivity index (χ4n) is 3.86. The Hall–Kier alpha value is -3.09. The summed E-state index contributed by atoms with van der Waals surface area (Å²) < 4.78 is 136. The van der Waals surface area contributed by atoms with E-state index in [-0.39, 0.29) is 25.5 Å². The van der Waals surface area contributed by atoms with Crippen LogP contribution < -0.4 is 10.1 Å². The predicted octanol–water partition coefficient (Wildman–Crippen LogP) is 5.53. The summed E-state index contributed by atoms with van der Waals surface area (Å²) in [6.07, 6.45) is -10.6. The van der Waals surface area contributed by atoms with Crippen molar-refractivity contribution in [1.82, 2.24) is 19.6 Å². The lowest BCUT2D eigenvalue weighted by atomic mass is 10.1. The van der Waals surface area contributed by atoms with Crippen LogP contribution in [0.25, 0.3) is 11.3 Å². The molecular weight excluding hydrogens is 648 g/mol. The average Bonchev–Trinajstić information content (AvgIpc) is 3.48. The van der Waals surface area contributed by atoms with Gasteiger partial charge in [0.25, 0.3) is 15.9 Å². The first-order valence-electron chi connectivity index (χ1n) is 11.5. The highest BCUT2D eigenvalue weighted by Crippen LogP contribution is 2.38. The zero-order chi connectivity index (χ0) is 31.1. The molecule has 1 aliphatic heterocycles. The summed E-state index contributed by atoms with van der Waals surface area (Å²) >= 11 is 6.36. The van der Waals surface area contributed by atoms with Crippen LogP contribution in [-0.2, 0) is 27.5 Å². The van der Waals surface area contributed by atoms with Crippen molar-refractivity contribution < 1.29 is 53.1 Å². The highest BCUT2D eigenvalue weighted by molar-refractivity contribution is 7.91. The van der Waals surface area contributed by atoms with Crippen molar-refractivity contribution in [3.63, 3.8) is 0 Å². The number of sulfonamides is 1. The van der Waals surface area contributed by atoms with Crippen molar-refractivity contribution in [1.29, 1.82) is 0 Å². The van der Waals surface area contributed by atoms with Gasteiger partial charge in [-0.15, -0.1) is 11.3 Å². The van der Waals surface area contributed by atoms with E-state index >= 15 is 0 Å². The van der Waals surface area contributed by atoms with Gasteiger partial charge in [0.05, 0.1) is 34.4 Å². The van der Waals surface area contributed by atoms with Crippen molar-refractivity contribution in [2.24, 2.45) is 0 Å². The van der Waals surface area contributed by atoms with Crippen LogP contribution in [0.15, 0.2) is 46.7 Å². The molecule has 0 saturated carbocycles. The van der Waals surface area contributed by atoms with Gasteiger partial charge >= 0.3 is 18.4 Å². The second-order valence-electron chi connectivity index (χ2n) is 8.91. The van der Waals surface area contributed by atoms with Crippen molar-refractivity contribution in [2.75, 3.05) is 13.2 Å². The molecule has 1 saturated heterocycles. The maximum atomic E-state index is 14.3. The number of rotatable bonds is 8. The zero-order valence-electron chi connectivity index (χ0n) is 20.6. The standard InChI is InChI=1S/C23H17ClF8N4O4S2/c24-17-5-6-18(41-17)42(38,39)36-10-21(25,26)8-16(36)19(37)33-9-14-7-15(35-20(34-14)40-11-22(27,28)29)12-1-3-13(4-2-12)23(30,31)32/h1-7,16H,8-11H2,(H,33,37). The summed E-state index contributed by atoms with van der Waals surface area (Å²) in [6, 6.07) is 4.20. The van der Waals surface area contributed by atoms with E-state index < -0.39 is 77.9 Å². The number of aromatic nitrogens is 2. The Morgan fingerprint density at radius 1 is 1.10 bits per heavy atom. The van der Waals surface area contributed by atoms with E-state index in [1.807, 2.05) is 0 Å². The van der Waals surface area contributed by atoms with E-state index in [2.05, 4.69) is 20.0 Å². The van der Waals surface area contributed by atoms with E-state index in [9.17, 15) is 48.3 Å². The van der Waals surface area contributed by atoms with Crippen LogP contribution in [0.5, 0.6) is 6.01 Å². The minimum absolute atomic E-state index is 0.0251. The van der Waals surface area contributed by atoms with E-state index in [4.69, 9.17) is 11.6 Å². The summed E-state index contributed by atoms with van der Waals surface area (Å²) in [6.45, 7) is -3.71. The number of carbonyl (C=O) groups is 1. The minimum atomic E-state index is -4.79. The lowest BCUT2D eigenvalue weighted by Crippen LogP contribution is -2.45. The van der Waals surface area contributed by atoms with Gasteiger partial charge in [0.1, 0.15) is 10.3 Å². The molecule has 3 aromatic rings. The molecule has 0 spiro atoms. The van der Waals surface area contributed by atoms with Gasteiger partial charge in [-0.1, -0.05) is 23.7 Å². The normalized spacial score (nSPS) is 17.8. The first-order chi connectivity index (χ1) is 19.3. The number of thiophene rings is 1. The maximum absolute atomic E-state index is 14.3. The first kappa shape index (κ1) is 31.8. The molecule has 1 aliphatic rings. The molecule has 0 aliphatic carbocycles. The molecule has 1 atom stereocenters. The molecule has 2 aromatic heterocycles. The minimum Gasteiger partial charge on any atom is -0.454 e. The van der Waals surface area contributed by atoms with Crippen LogP contribution in [0.4, 0.5) is 35.1 Å². The molecule has 1 N–H and O–H groups in total. The van der Waals surface area contributed by atoms with Crippen molar-refractivity contribution in [3.05, 3.63) is 58.1 Å². The van der Waals surface area contributed by atoms with Crippen LogP contribution in [0.1, 0.15) is 17.7 Å². The third-order valence-corrected chi connectivity index (χ3v) is 9.27. The van der Waals surface area contributed by atoms with Crippen LogP contribution in [0, 0.1) is 0 Å². The van der Waals surface area contributed by atoms with Crippen molar-refractivity contribution in [3.8, 4) is 17.3 Å². The number of halogens is 9. The highest BCUT2D eigenvalue weighted by atomic mass is 35.5. The third kappa shape index (κ3) is 7.64. The summed E-state index contributed by atoms with van der Waals surface area (Å²) in [5.74, 6) is -4.72. The molecular formula is C23H17ClF8N4O4S2. The number of ether oxygens (including phenoxy) is 1. The molecule has 1 unspecified atom stereocenters. The molecule has 1 fully saturated rings. The second-order valence-corrected chi connectivity index (χ2v) is 12.7. The lowest BCUT2D eigenvalue weighted by Gasteiger charge is -2.22. The SMILES string of the molecule is O=C(NCc1cc(-c2ccc(C(F)(F)F)cc2)nc(OCC(F)(F)F)n1)C1CC(F)(F)CN1S(=O)(=O)c1ccc(Cl)s1. The number of benzene rings is 1. The molecule has 3 heterocycles. The highest BCUT2D eigenvalue weighted by Gasteiger charge is 2.53. The lowest BCUT2D eigenvalue weighted by molar-refractivity contribution is -0.154. The summed E-state index contributed by atoms with van der Waals surface area (Å²) in [5, 5.41) is 2.23. The molecule has 42 heavy (non-hydrogen) atoms. The summed E-state index contributed by atoms with van der Waals surface area (Å²) in [5.41, 5.74) is -1.36. The Morgan fingerprint density at radius 2 is 1.76 bits per heavy atom. The molecule has 0 bridgehead atoms. The number of hydrogen-bond donors (Lipinski definition) is 1. The smallest absolute Gasteiger partial charge is 0.422 e. The molecule has 1 amide bonds. The molecule has 0 radical (unpaired) electrons. The van der Waals surface area contributed by atoms with E-state index in [0.717, 1.165) is 24.3 Å². The van der Waals surface area contributed by atoms with E-state index in [0.29, 0.717) is 27.8 Å². The maximum Gasteiger partial charge on any atom is 0.422 e. The molecule has 19 heteroatoms. The third-order valence-electron chi connectivity index (χ3n) is 5.72. The van der Waals surface area contributed by atoms with Crippen LogP contribution >= 0.6 is 22.9 Å². The van der Waals surface area contributed by atoms with Gasteiger partial charge < -0.3 is 10.1 Å². The number of nitrogens with one attached hydrogen (secondary N) is 1. The number of hydrogen-bond acceptors (Lipinski definition) is 7. The van der Waals surface area contributed by atoms with Gasteiger partial charge in [0, 0.05) is 12.0 Å². The van der Waals surface area contributed by atoms with Gasteiger partial charge in [-0.3, -0.25) is 4.79 Å². The van der Waals surface area contributed by atoms with Gasteiger partial charge in [0.15, 0.2) is 6.61 Å². The number of nitrogens with zero attached hydrogens (tertiary/aromatic N) is 3. The van der Waals surface area contributed by atoms with Gasteiger partial charge in [-0.2, -0.15) is 40.6 Å². The van der Waals surface area contributed by atoms with Gasteiger partial charge in [-0.05, 0) is 30.3 Å². The quantitative estimate of drug-likeness (QED) is 0.318. The first-order valence-corrected chi connectivity index (χ1v) is 14.2. The van der Waals surface area contributed by atoms with Gasteiger partial charge in [0.2, 0.25) is 5.91 Å². The fraction of sp³-hybridized carbons (Fsp3) is 0.348. The number of alkyl halides is 8. The summed E-state index contributed by atoms with van der Waals surface area (Å²) in [7, 11) is -4.56. The van der Waals surface area contributed by atoms with Gasteiger partial charge in [-0.25, -0.2) is 17.2 Å². The Labute approximate surface area is 241 Å². The monoisotopic (exact) mass is 664 g/mol. The van der Waals surface area contributed by atoms with Crippen molar-refractivity contribution >= 4 is 38.9 Å². The number of amides is 1. The predicted molar refractivity (Wildman–Crippen MR) is 132 cm³/mol. The van der Waals surface area contributed by atoms with Crippen molar-refractivity contribution in [2.45, 2.75) is 41.5 Å². The topological polar surface area (TPSA) is 101 Å². The molecule has 228 valence electrons. The molecule has 4 rings (SSSR count). The zero-order valence-corrected chi connectivity index (χ0v) is 23.0. The molecule has 8 nitrogen and oxygen atoms in total. The Morgan fingerprint density at radius 3 is 2.33 bits per heavy atom. The second kappa shape index (κ2) is 11.5. The fourth-order valence-corrected chi connectivity index (χ4v) is 7.09. The Balaban J connectivity index is 1.58. The van der Waals surface area contributed by atoms with E-state index in [1.54, 1.807) is 0 Å². The van der Waals surface area contributed by atoms with E-state index in [1.165, 1.54) is 6.07 Å².